The molecule has 0 aliphatic carbocycles. The number of ether oxygens (including phenoxy) is 1. The molecule has 2 heterocycles. The molecule has 0 saturated carbocycles. The van der Waals surface area contributed by atoms with Crippen molar-refractivity contribution in [3.05, 3.63) is 65.2 Å². The molecule has 1 atom stereocenters. The number of amidine groups is 1. The molecule has 1 unspecified atom stereocenters. The van der Waals surface area contributed by atoms with Gasteiger partial charge in [-0.15, -0.1) is 0 Å². The van der Waals surface area contributed by atoms with Crippen LogP contribution in [0.3, 0.4) is 0 Å². The molecule has 0 bridgehead atoms. The Bertz CT molecular complexity index is 799. The molecular formula is C21H25N3O2. The zero-order valence-electron chi connectivity index (χ0n) is 15.3. The van der Waals surface area contributed by atoms with Crippen molar-refractivity contribution < 1.29 is 9.53 Å². The SMILES string of the molecule is CC.NC1=NC(CCc2ccc(N3Cc4ccccc4C3=O)cc2)CO1. The highest BCUT2D eigenvalue weighted by Gasteiger charge is 2.27. The third-order valence-corrected chi connectivity index (χ3v) is 4.57. The van der Waals surface area contributed by atoms with Gasteiger partial charge in [0.05, 0.1) is 12.6 Å². The summed E-state index contributed by atoms with van der Waals surface area (Å²) in [6.07, 6.45) is 1.83. The summed E-state index contributed by atoms with van der Waals surface area (Å²) in [5.41, 5.74) is 9.58. The molecule has 0 radical (unpaired) electrons. The maximum Gasteiger partial charge on any atom is 0.282 e. The molecule has 0 aromatic heterocycles. The fourth-order valence-corrected chi connectivity index (χ4v) is 3.22. The van der Waals surface area contributed by atoms with Crippen LogP contribution in [0, 0.1) is 0 Å². The van der Waals surface area contributed by atoms with Gasteiger partial charge in [-0.3, -0.25) is 4.79 Å². The van der Waals surface area contributed by atoms with Gasteiger partial charge in [0, 0.05) is 11.3 Å². The van der Waals surface area contributed by atoms with E-state index in [0.717, 1.165) is 29.7 Å². The second-order valence-corrected chi connectivity index (χ2v) is 6.19. The van der Waals surface area contributed by atoms with Crippen LogP contribution in [0.1, 0.15) is 41.8 Å². The summed E-state index contributed by atoms with van der Waals surface area (Å²) in [5.74, 6) is 0.0752. The maximum absolute atomic E-state index is 12.5. The molecule has 1 amide bonds. The normalized spacial score (nSPS) is 17.9. The maximum atomic E-state index is 12.5. The number of carbonyl (C=O) groups excluding carboxylic acids is 1. The molecule has 2 aliphatic rings. The summed E-state index contributed by atoms with van der Waals surface area (Å²) >= 11 is 0. The number of fused-ring (bicyclic) bond motifs is 1. The third-order valence-electron chi connectivity index (χ3n) is 4.57. The summed E-state index contributed by atoms with van der Waals surface area (Å²) in [6, 6.07) is 16.4. The molecule has 2 N–H and O–H groups in total. The molecular weight excluding hydrogens is 326 g/mol. The van der Waals surface area contributed by atoms with Crippen LogP contribution in [0.15, 0.2) is 53.5 Å². The topological polar surface area (TPSA) is 67.9 Å². The van der Waals surface area contributed by atoms with Gasteiger partial charge in [0.2, 0.25) is 0 Å². The van der Waals surface area contributed by atoms with Crippen LogP contribution in [0.2, 0.25) is 0 Å². The predicted octanol–water partition coefficient (Wildman–Crippen LogP) is 3.52. The quantitative estimate of drug-likeness (QED) is 0.916. The minimum absolute atomic E-state index is 0.0752. The van der Waals surface area contributed by atoms with Gasteiger partial charge in [0.25, 0.3) is 11.9 Å². The summed E-state index contributed by atoms with van der Waals surface area (Å²) in [7, 11) is 0. The van der Waals surface area contributed by atoms with Crippen molar-refractivity contribution in [1.82, 2.24) is 0 Å². The highest BCUT2D eigenvalue weighted by atomic mass is 16.5. The number of benzene rings is 2. The molecule has 5 heteroatoms. The first kappa shape index (κ1) is 18.0. The lowest BCUT2D eigenvalue weighted by molar-refractivity contribution is 0.0996. The average Bonchev–Trinajstić information content (AvgIpc) is 3.26. The zero-order valence-corrected chi connectivity index (χ0v) is 15.3. The van der Waals surface area contributed by atoms with E-state index in [9.17, 15) is 4.79 Å². The van der Waals surface area contributed by atoms with Crippen molar-refractivity contribution >= 4 is 17.6 Å². The third kappa shape index (κ3) is 3.72. The van der Waals surface area contributed by atoms with Crippen LogP contribution in [0.4, 0.5) is 5.69 Å². The van der Waals surface area contributed by atoms with Crippen molar-refractivity contribution in [1.29, 1.82) is 0 Å². The Morgan fingerprint density at radius 3 is 2.54 bits per heavy atom. The Labute approximate surface area is 154 Å². The summed E-state index contributed by atoms with van der Waals surface area (Å²) < 4.78 is 5.17. The van der Waals surface area contributed by atoms with Crippen LogP contribution in [-0.4, -0.2) is 24.6 Å². The first-order valence-corrected chi connectivity index (χ1v) is 9.15. The molecule has 2 aromatic rings. The van der Waals surface area contributed by atoms with E-state index in [4.69, 9.17) is 10.5 Å². The number of hydrogen-bond donors (Lipinski definition) is 1. The van der Waals surface area contributed by atoms with E-state index in [-0.39, 0.29) is 11.9 Å². The molecule has 136 valence electrons. The number of hydrogen-bond acceptors (Lipinski definition) is 4. The monoisotopic (exact) mass is 351 g/mol. The van der Waals surface area contributed by atoms with Gasteiger partial charge in [0.1, 0.15) is 6.61 Å². The Kier molecular flexibility index (Phi) is 5.56. The number of nitrogens with zero attached hydrogens (tertiary/aromatic N) is 2. The second kappa shape index (κ2) is 8.04. The Balaban J connectivity index is 0.000000948. The van der Waals surface area contributed by atoms with Crippen LogP contribution in [0.5, 0.6) is 0 Å². The highest BCUT2D eigenvalue weighted by molar-refractivity contribution is 6.09. The molecule has 2 aliphatic heterocycles. The van der Waals surface area contributed by atoms with Gasteiger partial charge in [-0.2, -0.15) is 0 Å². The van der Waals surface area contributed by atoms with Gasteiger partial charge in [-0.1, -0.05) is 44.2 Å². The lowest BCUT2D eigenvalue weighted by Crippen LogP contribution is -2.22. The van der Waals surface area contributed by atoms with E-state index in [2.05, 4.69) is 17.1 Å². The number of amides is 1. The fraction of sp³-hybridized carbons (Fsp3) is 0.333. The summed E-state index contributed by atoms with van der Waals surface area (Å²) in [5, 5.41) is 0. The van der Waals surface area contributed by atoms with E-state index in [1.165, 1.54) is 5.56 Å². The summed E-state index contributed by atoms with van der Waals surface area (Å²) in [4.78, 5) is 18.6. The van der Waals surface area contributed by atoms with Crippen molar-refractivity contribution in [2.24, 2.45) is 10.7 Å². The number of rotatable bonds is 4. The molecule has 0 fully saturated rings. The molecule has 26 heavy (non-hydrogen) atoms. The van der Waals surface area contributed by atoms with Crippen molar-refractivity contribution in [2.75, 3.05) is 11.5 Å². The number of carbonyl (C=O) groups is 1. The molecule has 0 saturated heterocycles. The van der Waals surface area contributed by atoms with Gasteiger partial charge in [-0.05, 0) is 42.2 Å². The number of anilines is 1. The Hall–Kier alpha value is -2.82. The van der Waals surface area contributed by atoms with Crippen LogP contribution in [-0.2, 0) is 17.7 Å². The largest absolute Gasteiger partial charge is 0.463 e. The first-order valence-electron chi connectivity index (χ1n) is 9.15. The van der Waals surface area contributed by atoms with Crippen LogP contribution >= 0.6 is 0 Å². The average molecular weight is 351 g/mol. The number of aryl methyl sites for hydroxylation is 1. The van der Waals surface area contributed by atoms with Crippen LogP contribution in [0.25, 0.3) is 0 Å². The van der Waals surface area contributed by atoms with Crippen LogP contribution < -0.4 is 10.6 Å². The molecule has 5 nitrogen and oxygen atoms in total. The standard InChI is InChI=1S/C19H19N3O2.C2H6/c20-19-21-15(12-24-19)8-5-13-6-9-16(10-7-13)22-11-14-3-1-2-4-17(14)18(22)23;1-2/h1-4,6-7,9-10,15H,5,8,11-12H2,(H2,20,21);1-2H3. The van der Waals surface area contributed by atoms with Gasteiger partial charge in [-0.25, -0.2) is 4.99 Å². The van der Waals surface area contributed by atoms with Gasteiger partial charge in [0.15, 0.2) is 0 Å². The lowest BCUT2D eigenvalue weighted by Gasteiger charge is -2.16. The predicted molar refractivity (Wildman–Crippen MR) is 104 cm³/mol. The van der Waals surface area contributed by atoms with Gasteiger partial charge < -0.3 is 15.4 Å². The van der Waals surface area contributed by atoms with Crippen molar-refractivity contribution in [3.8, 4) is 0 Å². The van der Waals surface area contributed by atoms with E-state index in [1.807, 2.05) is 55.1 Å². The molecule has 2 aromatic carbocycles. The Morgan fingerprint density at radius 2 is 1.88 bits per heavy atom. The second-order valence-electron chi connectivity index (χ2n) is 6.19. The van der Waals surface area contributed by atoms with E-state index in [0.29, 0.717) is 19.2 Å². The number of nitrogens with two attached hydrogens (primary N) is 1. The minimum Gasteiger partial charge on any atom is -0.463 e. The lowest BCUT2D eigenvalue weighted by atomic mass is 10.1. The van der Waals surface area contributed by atoms with Gasteiger partial charge >= 0.3 is 0 Å². The Morgan fingerprint density at radius 1 is 1.15 bits per heavy atom. The molecule has 4 rings (SSSR count). The van der Waals surface area contributed by atoms with Crippen molar-refractivity contribution in [3.63, 3.8) is 0 Å². The smallest absolute Gasteiger partial charge is 0.282 e. The van der Waals surface area contributed by atoms with E-state index < -0.39 is 0 Å². The summed E-state index contributed by atoms with van der Waals surface area (Å²) in [6.45, 7) is 5.21. The van der Waals surface area contributed by atoms with E-state index >= 15 is 0 Å². The molecule has 0 spiro atoms. The highest BCUT2D eigenvalue weighted by Crippen LogP contribution is 2.28. The number of aliphatic imine (C=N–C) groups is 1. The van der Waals surface area contributed by atoms with E-state index in [1.54, 1.807) is 0 Å². The first-order chi connectivity index (χ1) is 12.7. The fourth-order valence-electron chi connectivity index (χ4n) is 3.22. The van der Waals surface area contributed by atoms with Crippen molar-refractivity contribution in [2.45, 2.75) is 39.3 Å². The minimum atomic E-state index is 0.0752. The zero-order chi connectivity index (χ0) is 18.5.